The molecule has 0 aliphatic carbocycles. The highest BCUT2D eigenvalue weighted by atomic mass is 16.5. The van der Waals surface area contributed by atoms with Crippen molar-refractivity contribution in [2.45, 2.75) is 79.1 Å². The van der Waals surface area contributed by atoms with Gasteiger partial charge in [0.05, 0.1) is 12.2 Å². The van der Waals surface area contributed by atoms with Crippen LogP contribution in [0.15, 0.2) is 48.5 Å². The quantitative estimate of drug-likeness (QED) is 0.323. The molecule has 0 saturated carbocycles. The summed E-state index contributed by atoms with van der Waals surface area (Å²) in [5.41, 5.74) is 3.25. The van der Waals surface area contributed by atoms with Gasteiger partial charge in [0.1, 0.15) is 29.0 Å². The van der Waals surface area contributed by atoms with Gasteiger partial charge in [-0.05, 0) is 89.1 Å². The van der Waals surface area contributed by atoms with Crippen LogP contribution in [0.3, 0.4) is 0 Å². The smallest absolute Gasteiger partial charge is 0.336 e. The monoisotopic (exact) mass is 449 g/mol. The zero-order valence-electron chi connectivity index (χ0n) is 20.5. The van der Waals surface area contributed by atoms with Crippen molar-refractivity contribution in [2.24, 2.45) is 0 Å². The van der Waals surface area contributed by atoms with Crippen LogP contribution in [0.2, 0.25) is 0 Å². The minimum absolute atomic E-state index is 0.0739. The molecule has 6 heteroatoms. The fourth-order valence-electron chi connectivity index (χ4n) is 3.50. The molecule has 0 bridgehead atoms. The molecule has 0 N–H and O–H groups in total. The van der Waals surface area contributed by atoms with Crippen LogP contribution in [-0.2, 0) is 0 Å². The molecule has 0 fully saturated rings. The zero-order chi connectivity index (χ0) is 23.8. The van der Waals surface area contributed by atoms with Crippen molar-refractivity contribution in [3.63, 3.8) is 0 Å². The molecule has 1 atom stereocenters. The van der Waals surface area contributed by atoms with Crippen LogP contribution in [0.1, 0.15) is 60.8 Å². The maximum atomic E-state index is 6.07. The standard InChI is InChI=1S/C27H35N3O3/c1-7-9-22(8-2)33-27-28-25(20-10-14-23(15-11-20)31-18(3)4)26(29-30-27)21-12-16-24(17-13-21)32-19(5)6/h10-19,22H,7-9H2,1-6H3. The van der Waals surface area contributed by atoms with Gasteiger partial charge in [0.15, 0.2) is 0 Å². The lowest BCUT2D eigenvalue weighted by Gasteiger charge is -2.16. The van der Waals surface area contributed by atoms with E-state index in [0.29, 0.717) is 11.7 Å². The van der Waals surface area contributed by atoms with Crippen molar-refractivity contribution in [1.82, 2.24) is 15.2 Å². The number of rotatable bonds is 11. The van der Waals surface area contributed by atoms with Crippen LogP contribution >= 0.6 is 0 Å². The first-order chi connectivity index (χ1) is 15.9. The summed E-state index contributed by atoms with van der Waals surface area (Å²) in [6, 6.07) is 16.0. The first-order valence-corrected chi connectivity index (χ1v) is 11.8. The predicted octanol–water partition coefficient (Wildman–Crippen LogP) is 6.74. The van der Waals surface area contributed by atoms with Gasteiger partial charge in [0, 0.05) is 11.1 Å². The molecule has 0 spiro atoms. The Balaban J connectivity index is 1.99. The molecule has 0 aliphatic rings. The maximum absolute atomic E-state index is 6.07. The Morgan fingerprint density at radius 2 is 1.18 bits per heavy atom. The van der Waals surface area contributed by atoms with Crippen molar-refractivity contribution in [3.8, 4) is 40.0 Å². The molecule has 3 aromatic rings. The SMILES string of the molecule is CCCC(CC)Oc1nnc(-c2ccc(OC(C)C)cc2)c(-c2ccc(OC(C)C)cc2)n1. The molecule has 1 heterocycles. The normalized spacial score (nSPS) is 12.1. The summed E-state index contributed by atoms with van der Waals surface area (Å²) < 4.78 is 17.6. The second-order valence-corrected chi connectivity index (χ2v) is 8.61. The van der Waals surface area contributed by atoms with Crippen LogP contribution in [0.25, 0.3) is 22.5 Å². The zero-order valence-corrected chi connectivity index (χ0v) is 20.5. The molecular weight excluding hydrogens is 414 g/mol. The fourth-order valence-corrected chi connectivity index (χ4v) is 3.50. The molecule has 0 aliphatic heterocycles. The second kappa shape index (κ2) is 11.6. The molecule has 0 saturated heterocycles. The van der Waals surface area contributed by atoms with Gasteiger partial charge >= 0.3 is 6.01 Å². The lowest BCUT2D eigenvalue weighted by atomic mass is 10.0. The minimum Gasteiger partial charge on any atom is -0.491 e. The number of nitrogens with zero attached hydrogens (tertiary/aromatic N) is 3. The average molecular weight is 450 g/mol. The van der Waals surface area contributed by atoms with E-state index in [-0.39, 0.29) is 18.3 Å². The number of aromatic nitrogens is 3. The van der Waals surface area contributed by atoms with E-state index in [1.165, 1.54) is 0 Å². The summed E-state index contributed by atoms with van der Waals surface area (Å²) >= 11 is 0. The minimum atomic E-state index is 0.0739. The van der Waals surface area contributed by atoms with Gasteiger partial charge in [-0.15, -0.1) is 5.10 Å². The van der Waals surface area contributed by atoms with E-state index in [9.17, 15) is 0 Å². The molecule has 33 heavy (non-hydrogen) atoms. The Hall–Kier alpha value is -3.15. The van der Waals surface area contributed by atoms with Gasteiger partial charge in [-0.1, -0.05) is 25.4 Å². The van der Waals surface area contributed by atoms with Gasteiger partial charge in [-0.2, -0.15) is 4.98 Å². The van der Waals surface area contributed by atoms with Gasteiger partial charge in [-0.25, -0.2) is 0 Å². The van der Waals surface area contributed by atoms with Crippen LogP contribution in [0.5, 0.6) is 17.5 Å². The van der Waals surface area contributed by atoms with Crippen molar-refractivity contribution in [2.75, 3.05) is 0 Å². The summed E-state index contributed by atoms with van der Waals surface area (Å²) in [6.45, 7) is 12.3. The molecule has 0 amide bonds. The number of hydrogen-bond acceptors (Lipinski definition) is 6. The summed E-state index contributed by atoms with van der Waals surface area (Å²) in [4.78, 5) is 4.78. The molecule has 1 aromatic heterocycles. The van der Waals surface area contributed by atoms with Gasteiger partial charge in [-0.3, -0.25) is 0 Å². The third kappa shape index (κ3) is 6.91. The topological polar surface area (TPSA) is 66.4 Å². The highest BCUT2D eigenvalue weighted by Gasteiger charge is 2.17. The lowest BCUT2D eigenvalue weighted by Crippen LogP contribution is -2.17. The first-order valence-electron chi connectivity index (χ1n) is 11.8. The Bertz CT molecular complexity index is 1000. The van der Waals surface area contributed by atoms with Crippen molar-refractivity contribution in [1.29, 1.82) is 0 Å². The molecule has 0 radical (unpaired) electrons. The average Bonchev–Trinajstić information content (AvgIpc) is 2.79. The van der Waals surface area contributed by atoms with Crippen molar-refractivity contribution >= 4 is 0 Å². The highest BCUT2D eigenvalue weighted by Crippen LogP contribution is 2.32. The Labute approximate surface area is 197 Å². The molecule has 2 aromatic carbocycles. The number of hydrogen-bond donors (Lipinski definition) is 0. The van der Waals surface area contributed by atoms with Crippen molar-refractivity contribution in [3.05, 3.63) is 48.5 Å². The number of ether oxygens (including phenoxy) is 3. The number of benzene rings is 2. The Kier molecular flexibility index (Phi) is 8.64. The second-order valence-electron chi connectivity index (χ2n) is 8.61. The highest BCUT2D eigenvalue weighted by molar-refractivity contribution is 5.78. The lowest BCUT2D eigenvalue weighted by molar-refractivity contribution is 0.168. The largest absolute Gasteiger partial charge is 0.491 e. The Morgan fingerprint density at radius 3 is 1.64 bits per heavy atom. The van der Waals surface area contributed by atoms with Gasteiger partial charge in [0.2, 0.25) is 0 Å². The molecule has 1 unspecified atom stereocenters. The summed E-state index contributed by atoms with van der Waals surface area (Å²) in [6.07, 6.45) is 3.19. The van der Waals surface area contributed by atoms with E-state index in [1.807, 2.05) is 76.2 Å². The third-order valence-corrected chi connectivity index (χ3v) is 5.00. The summed E-state index contributed by atoms with van der Waals surface area (Å²) in [7, 11) is 0. The molecule has 3 rings (SSSR count). The first kappa shape index (κ1) is 24.5. The Morgan fingerprint density at radius 1 is 0.667 bits per heavy atom. The fraction of sp³-hybridized carbons (Fsp3) is 0.444. The van der Waals surface area contributed by atoms with Crippen LogP contribution in [0.4, 0.5) is 0 Å². The molecule has 176 valence electrons. The van der Waals surface area contributed by atoms with E-state index < -0.39 is 0 Å². The third-order valence-electron chi connectivity index (χ3n) is 5.00. The van der Waals surface area contributed by atoms with E-state index in [2.05, 4.69) is 24.0 Å². The van der Waals surface area contributed by atoms with Crippen LogP contribution in [-0.4, -0.2) is 33.5 Å². The van der Waals surface area contributed by atoms with Gasteiger partial charge < -0.3 is 14.2 Å². The summed E-state index contributed by atoms with van der Waals surface area (Å²) in [5, 5.41) is 8.82. The maximum Gasteiger partial charge on any atom is 0.336 e. The van der Waals surface area contributed by atoms with E-state index >= 15 is 0 Å². The molecular formula is C27H35N3O3. The van der Waals surface area contributed by atoms with Crippen LogP contribution in [0, 0.1) is 0 Å². The summed E-state index contributed by atoms with van der Waals surface area (Å²) in [5.74, 6) is 1.63. The molecule has 6 nitrogen and oxygen atoms in total. The van der Waals surface area contributed by atoms with E-state index in [1.54, 1.807) is 0 Å². The van der Waals surface area contributed by atoms with E-state index in [4.69, 9.17) is 19.2 Å². The predicted molar refractivity (Wildman–Crippen MR) is 132 cm³/mol. The van der Waals surface area contributed by atoms with Crippen molar-refractivity contribution < 1.29 is 14.2 Å². The van der Waals surface area contributed by atoms with E-state index in [0.717, 1.165) is 47.6 Å². The van der Waals surface area contributed by atoms with Gasteiger partial charge in [0.25, 0.3) is 0 Å². The van der Waals surface area contributed by atoms with Crippen LogP contribution < -0.4 is 14.2 Å².